The van der Waals surface area contributed by atoms with Gasteiger partial charge >= 0.3 is 0 Å². The second-order valence-electron chi connectivity index (χ2n) is 18.8. The molecule has 6 unspecified atom stereocenters. The van der Waals surface area contributed by atoms with Crippen LogP contribution in [0.5, 0.6) is 0 Å². The molecule has 0 heterocycles. The van der Waals surface area contributed by atoms with Crippen LogP contribution in [-0.2, 0) is 0 Å². The molecule has 6 N–H and O–H groups in total. The van der Waals surface area contributed by atoms with Gasteiger partial charge in [0.15, 0.2) is 0 Å². The molecule has 0 aliphatic heterocycles. The lowest BCUT2D eigenvalue weighted by molar-refractivity contribution is 0.159. The molecule has 78 heavy (non-hydrogen) atoms. The van der Waals surface area contributed by atoms with Crippen LogP contribution in [0.15, 0.2) is 72.9 Å². The molecule has 492 valence electrons. The predicted molar refractivity (Wildman–Crippen MR) is 378 cm³/mol. The van der Waals surface area contributed by atoms with Crippen LogP contribution in [0.2, 0.25) is 0 Å². The van der Waals surface area contributed by atoms with Crippen molar-refractivity contribution in [3.8, 4) is 0 Å². The van der Waals surface area contributed by atoms with Crippen LogP contribution >= 0.6 is 0 Å². The van der Waals surface area contributed by atoms with Crippen LogP contribution in [0.25, 0.3) is 0 Å². The standard InChI is InChI=1S/6C6H14O.6C6H12.6H2/c6*1-3-5-6(7)4-2;6*1-3-5-6-4-2;;;;;;/h6*6-7H,3-5H2,1-2H3;6*5-6H,3-4H2,1-2H3;6*1H/b;;;;;;6*6-5-;;;;;;/i;;;;;;;;;;;;6*1+1. The van der Waals surface area contributed by atoms with Gasteiger partial charge in [0.25, 0.3) is 0 Å². The molecule has 0 aromatic rings. The number of aliphatic hydroxyl groups is 6. The van der Waals surface area contributed by atoms with Crippen molar-refractivity contribution in [2.75, 3.05) is 0 Å². The molecule has 0 amide bonds. The molecule has 0 bridgehead atoms. The zero-order chi connectivity index (χ0) is 63.2. The van der Waals surface area contributed by atoms with Crippen molar-refractivity contribution in [1.82, 2.24) is 0 Å². The van der Waals surface area contributed by atoms with Gasteiger partial charge in [0.2, 0.25) is 0 Å². The zero-order valence-electron chi connectivity index (χ0n) is 58.3. The molecule has 0 aromatic carbocycles. The topological polar surface area (TPSA) is 121 Å². The molecule has 0 rings (SSSR count). The van der Waals surface area contributed by atoms with E-state index >= 15 is 0 Å². The zero-order valence-corrected chi connectivity index (χ0v) is 58.3. The first kappa shape index (κ1) is 105. The first-order valence-corrected chi connectivity index (χ1v) is 33.3. The highest BCUT2D eigenvalue weighted by Gasteiger charge is 1.97. The van der Waals surface area contributed by atoms with E-state index < -0.39 is 0 Å². The maximum Gasteiger partial charge on any atom is 0.0537 e. The minimum Gasteiger partial charge on any atom is -0.393 e. The summed E-state index contributed by atoms with van der Waals surface area (Å²) in [7, 11) is 0. The minimum absolute atomic E-state index is 0. The molecule has 0 fully saturated rings. The highest BCUT2D eigenvalue weighted by molar-refractivity contribution is 4.80. The third-order valence-electron chi connectivity index (χ3n) is 10.4. The molecule has 6 atom stereocenters. The van der Waals surface area contributed by atoms with Crippen molar-refractivity contribution in [3.63, 3.8) is 0 Å². The molecule has 6 nitrogen and oxygen atoms in total. The third kappa shape index (κ3) is 186. The van der Waals surface area contributed by atoms with Crippen molar-refractivity contribution in [2.24, 2.45) is 0 Å². The summed E-state index contributed by atoms with van der Waals surface area (Å²) >= 11 is 0. The fourth-order valence-corrected chi connectivity index (χ4v) is 5.22. The van der Waals surface area contributed by atoms with Crippen LogP contribution in [-0.4, -0.2) is 67.3 Å². The van der Waals surface area contributed by atoms with E-state index in [1.54, 1.807) is 0 Å². The van der Waals surface area contributed by atoms with Gasteiger partial charge in [-0.25, -0.2) is 0 Å². The van der Waals surface area contributed by atoms with Gasteiger partial charge in [0, 0.05) is 8.56 Å². The molecule has 0 spiro atoms. The van der Waals surface area contributed by atoms with Gasteiger partial charge in [-0.1, -0.05) is 278 Å². The number of aliphatic hydroxyl groups excluding tert-OH is 6. The van der Waals surface area contributed by atoms with E-state index in [1.807, 2.05) is 41.5 Å². The molecule has 0 aliphatic rings. The van der Waals surface area contributed by atoms with E-state index in [9.17, 15) is 0 Å². The predicted octanol–water partition coefficient (Wildman–Crippen LogP) is 25.0. The summed E-state index contributed by atoms with van der Waals surface area (Å²) in [6, 6.07) is 0. The average Bonchev–Trinajstić information content (AvgIpc) is 3.45. The highest BCUT2D eigenvalue weighted by Crippen LogP contribution is 2.01. The summed E-state index contributed by atoms with van der Waals surface area (Å²) in [4.78, 5) is 0. The summed E-state index contributed by atoms with van der Waals surface area (Å²) in [6.45, 7) is 50.2. The van der Waals surface area contributed by atoms with E-state index in [0.29, 0.717) is 0 Å². The Labute approximate surface area is 505 Å². The molecule has 0 radical (unpaired) electrons. The van der Waals surface area contributed by atoms with Gasteiger partial charge < -0.3 is 30.6 Å². The summed E-state index contributed by atoms with van der Waals surface area (Å²) in [5.74, 6) is 0. The van der Waals surface area contributed by atoms with E-state index in [2.05, 4.69) is 198 Å². The van der Waals surface area contributed by atoms with Gasteiger partial charge in [-0.15, -0.1) is 0 Å². The normalized spacial score (nSPS) is 12.4. The fourth-order valence-electron chi connectivity index (χ4n) is 5.22. The number of hydrogen-bond donors (Lipinski definition) is 6. The summed E-state index contributed by atoms with van der Waals surface area (Å²) < 4.78 is 0. The quantitative estimate of drug-likeness (QED) is 0.0399. The van der Waals surface area contributed by atoms with Gasteiger partial charge in [-0.3, -0.25) is 0 Å². The van der Waals surface area contributed by atoms with E-state index in [1.165, 1.54) is 77.0 Å². The van der Waals surface area contributed by atoms with Crippen molar-refractivity contribution in [1.29, 1.82) is 0 Å². The van der Waals surface area contributed by atoms with Crippen LogP contribution in [0.4, 0.5) is 0 Å². The summed E-state index contributed by atoms with van der Waals surface area (Å²) in [6.07, 6.45) is 57.6. The highest BCUT2D eigenvalue weighted by atomic mass is 16.3. The third-order valence-corrected chi connectivity index (χ3v) is 10.4. The molecule has 6 heteroatoms. The average molecular weight is 1140 g/mol. The second kappa shape index (κ2) is 122. The Bertz CT molecular complexity index is 781. The van der Waals surface area contributed by atoms with E-state index in [-0.39, 0.29) is 45.2 Å². The minimum atomic E-state index is -0.0509. The fraction of sp³-hybridized carbons (Fsp3) is 0.833. The second-order valence-corrected chi connectivity index (χ2v) is 18.8. The van der Waals surface area contributed by atoms with Crippen molar-refractivity contribution in [2.45, 2.75) is 395 Å². The Balaban J connectivity index is -0.0000000352. The number of allylic oxidation sites excluding steroid dienone is 12. The number of hydrogen-bond acceptors (Lipinski definition) is 6. The van der Waals surface area contributed by atoms with Gasteiger partial charge in [0.1, 0.15) is 0 Å². The van der Waals surface area contributed by atoms with Crippen molar-refractivity contribution in [3.05, 3.63) is 72.9 Å². The van der Waals surface area contributed by atoms with Crippen LogP contribution in [0, 0.1) is 0 Å². The van der Waals surface area contributed by atoms with Crippen LogP contribution in [0.3, 0.4) is 0 Å². The molecular formula is C72H168O6. The monoisotopic (exact) mass is 1140 g/mol. The summed E-state index contributed by atoms with van der Waals surface area (Å²) in [5, 5.41) is 53.1. The first-order chi connectivity index (χ1) is 37.3. The Morgan fingerprint density at radius 1 is 0.179 bits per heavy atom. The van der Waals surface area contributed by atoms with Crippen LogP contribution < -0.4 is 0 Å². The maximum atomic E-state index is 8.86. The molecule has 0 aromatic heterocycles. The smallest absolute Gasteiger partial charge is 0.0537 e. The van der Waals surface area contributed by atoms with Gasteiger partial charge in [0.05, 0.1) is 36.6 Å². The number of rotatable bonds is 30. The van der Waals surface area contributed by atoms with Gasteiger partial charge in [-0.2, -0.15) is 0 Å². The first-order valence-electron chi connectivity index (χ1n) is 33.3. The van der Waals surface area contributed by atoms with Gasteiger partial charge in [-0.05, 0) is 154 Å². The molecule has 0 saturated heterocycles. The largest absolute Gasteiger partial charge is 0.393 e. The Hall–Kier alpha value is -1.80. The molecule has 0 saturated carbocycles. The SMILES string of the molecule is CC/C=C\CC.CC/C=C\CC.CC/C=C\CC.CC/C=C\CC.CC/C=C\CC.CC/C=C\CC.CCCC(O)CC.CCCC(O)CC.CCCC(O)CC.CCCC(O)CC.CCCC(O)CC.CCCC(O)CC.[2HH].[2HH].[2HH].[2HH].[2HH].[2HH]. The lowest BCUT2D eigenvalue weighted by Crippen LogP contribution is -2.01. The summed E-state index contributed by atoms with van der Waals surface area (Å²) in [5.41, 5.74) is 0. The molecule has 0 aliphatic carbocycles. The van der Waals surface area contributed by atoms with Crippen LogP contribution in [0.1, 0.15) is 367 Å². The Morgan fingerprint density at radius 2 is 0.256 bits per heavy atom. The maximum absolute atomic E-state index is 8.86. The van der Waals surface area contributed by atoms with Crippen molar-refractivity contribution >= 4 is 0 Å². The van der Waals surface area contributed by atoms with Crippen molar-refractivity contribution < 1.29 is 39.2 Å². The Morgan fingerprint density at radius 3 is 0.282 bits per heavy atom. The lowest BCUT2D eigenvalue weighted by atomic mass is 10.2. The van der Waals surface area contributed by atoms with E-state index in [0.717, 1.165) is 116 Å². The molecular weight excluding hydrogens is 961 g/mol. The lowest BCUT2D eigenvalue weighted by Gasteiger charge is -2.01. The Kier molecular flexibility index (Phi) is 164. The van der Waals surface area contributed by atoms with E-state index in [4.69, 9.17) is 30.6 Å².